The molecular weight excluding hydrogens is 402 g/mol. The smallest absolute Gasteiger partial charge is 0.309 e. The van der Waals surface area contributed by atoms with Gasteiger partial charge in [-0.3, -0.25) is 9.59 Å². The maximum atomic E-state index is 12.9. The number of piperidine rings is 1. The number of esters is 1. The highest BCUT2D eigenvalue weighted by Crippen LogP contribution is 2.26. The molecule has 1 saturated heterocycles. The molecule has 0 saturated carbocycles. The van der Waals surface area contributed by atoms with Crippen molar-refractivity contribution in [3.05, 3.63) is 65.2 Å². The lowest BCUT2D eigenvalue weighted by atomic mass is 9.98. The van der Waals surface area contributed by atoms with E-state index >= 15 is 0 Å². The molecule has 0 bridgehead atoms. The number of carbonyl (C=O) groups is 2. The second-order valence-electron chi connectivity index (χ2n) is 7.73. The van der Waals surface area contributed by atoms with E-state index in [2.05, 4.69) is 0 Å². The predicted molar refractivity (Wildman–Crippen MR) is 114 cm³/mol. The number of benzene rings is 2. The molecule has 160 valence electrons. The topological polar surface area (TPSA) is 80.8 Å². The number of hydrogen-bond donors (Lipinski definition) is 0. The Morgan fingerprint density at radius 3 is 2.23 bits per heavy atom. The van der Waals surface area contributed by atoms with Crippen LogP contribution in [-0.4, -0.2) is 43.7 Å². The van der Waals surface area contributed by atoms with Gasteiger partial charge in [0.1, 0.15) is 0 Å². The average Bonchev–Trinajstić information content (AvgIpc) is 2.75. The minimum atomic E-state index is -3.60. The van der Waals surface area contributed by atoms with E-state index in [-0.39, 0.29) is 23.8 Å². The molecule has 6 nitrogen and oxygen atoms in total. The van der Waals surface area contributed by atoms with Crippen LogP contribution in [0.25, 0.3) is 0 Å². The number of ketones is 1. The zero-order valence-electron chi connectivity index (χ0n) is 17.5. The van der Waals surface area contributed by atoms with Crippen LogP contribution in [0.2, 0.25) is 0 Å². The monoisotopic (exact) mass is 429 g/mol. The van der Waals surface area contributed by atoms with E-state index in [1.807, 2.05) is 19.9 Å². The van der Waals surface area contributed by atoms with Crippen LogP contribution in [0.1, 0.15) is 41.3 Å². The zero-order valence-corrected chi connectivity index (χ0v) is 18.3. The van der Waals surface area contributed by atoms with Crippen molar-refractivity contribution < 1.29 is 22.7 Å². The third-order valence-electron chi connectivity index (χ3n) is 5.62. The van der Waals surface area contributed by atoms with Crippen LogP contribution in [0.15, 0.2) is 53.4 Å². The van der Waals surface area contributed by atoms with Gasteiger partial charge in [0.15, 0.2) is 6.10 Å². The minimum Gasteiger partial charge on any atom is -0.454 e. The Bertz CT molecular complexity index is 1020. The van der Waals surface area contributed by atoms with Crippen LogP contribution < -0.4 is 0 Å². The largest absolute Gasteiger partial charge is 0.454 e. The van der Waals surface area contributed by atoms with Gasteiger partial charge in [-0.25, -0.2) is 8.42 Å². The number of aryl methyl sites for hydroxylation is 2. The van der Waals surface area contributed by atoms with Crippen molar-refractivity contribution in [2.45, 2.75) is 44.6 Å². The molecule has 0 spiro atoms. The van der Waals surface area contributed by atoms with Crippen molar-refractivity contribution in [3.8, 4) is 0 Å². The molecule has 30 heavy (non-hydrogen) atoms. The summed E-state index contributed by atoms with van der Waals surface area (Å²) in [6, 6.07) is 13.8. The first kappa shape index (κ1) is 22.2. The number of ether oxygens (including phenoxy) is 1. The number of hydrogen-bond acceptors (Lipinski definition) is 5. The van der Waals surface area contributed by atoms with Gasteiger partial charge in [-0.1, -0.05) is 36.4 Å². The second-order valence-corrected chi connectivity index (χ2v) is 9.67. The van der Waals surface area contributed by atoms with Crippen molar-refractivity contribution >= 4 is 21.8 Å². The summed E-state index contributed by atoms with van der Waals surface area (Å²) in [5.74, 6) is -1.11. The Labute approximate surface area is 177 Å². The minimum absolute atomic E-state index is 0.246. The molecule has 1 heterocycles. The summed E-state index contributed by atoms with van der Waals surface area (Å²) in [6.45, 7) is 5.87. The summed E-state index contributed by atoms with van der Waals surface area (Å²) >= 11 is 0. The zero-order chi connectivity index (χ0) is 21.9. The van der Waals surface area contributed by atoms with E-state index in [1.165, 1.54) is 4.31 Å². The van der Waals surface area contributed by atoms with Crippen LogP contribution >= 0.6 is 0 Å². The quantitative estimate of drug-likeness (QED) is 0.518. The second kappa shape index (κ2) is 9.10. The van der Waals surface area contributed by atoms with E-state index in [1.54, 1.807) is 49.4 Å². The van der Waals surface area contributed by atoms with Crippen molar-refractivity contribution in [1.29, 1.82) is 0 Å². The molecule has 1 aliphatic rings. The molecule has 1 unspecified atom stereocenters. The van der Waals surface area contributed by atoms with Crippen LogP contribution in [0.3, 0.4) is 0 Å². The van der Waals surface area contributed by atoms with Crippen LogP contribution in [-0.2, 0) is 19.6 Å². The van der Waals surface area contributed by atoms with Gasteiger partial charge < -0.3 is 4.74 Å². The average molecular weight is 430 g/mol. The van der Waals surface area contributed by atoms with Crippen LogP contribution in [0.5, 0.6) is 0 Å². The van der Waals surface area contributed by atoms with Crippen molar-refractivity contribution in [3.63, 3.8) is 0 Å². The molecule has 0 amide bonds. The van der Waals surface area contributed by atoms with Crippen LogP contribution in [0, 0.1) is 19.8 Å². The number of rotatable bonds is 6. The molecule has 3 rings (SSSR count). The van der Waals surface area contributed by atoms with E-state index in [9.17, 15) is 18.0 Å². The SMILES string of the molecule is Cc1ccc(S(=O)(=O)N2CCC(C(=O)OC(C)C(=O)c3ccccc3)CC2)cc1C. The van der Waals surface area contributed by atoms with E-state index in [4.69, 9.17) is 4.74 Å². The molecule has 0 N–H and O–H groups in total. The Morgan fingerprint density at radius 1 is 1.00 bits per heavy atom. The molecule has 2 aromatic rings. The van der Waals surface area contributed by atoms with Crippen molar-refractivity contribution in [2.24, 2.45) is 5.92 Å². The summed E-state index contributed by atoms with van der Waals surface area (Å²) in [5.41, 5.74) is 2.45. The van der Waals surface area contributed by atoms with Crippen molar-refractivity contribution in [1.82, 2.24) is 4.31 Å². The number of sulfonamides is 1. The molecule has 1 atom stereocenters. The highest BCUT2D eigenvalue weighted by atomic mass is 32.2. The van der Waals surface area contributed by atoms with E-state index < -0.39 is 28.0 Å². The van der Waals surface area contributed by atoms with E-state index in [0.717, 1.165) is 11.1 Å². The normalized spacial score (nSPS) is 16.8. The fourth-order valence-corrected chi connectivity index (χ4v) is 5.07. The molecule has 1 aliphatic heterocycles. The molecule has 1 fully saturated rings. The first-order valence-corrected chi connectivity index (χ1v) is 11.5. The van der Waals surface area contributed by atoms with Gasteiger partial charge in [0.25, 0.3) is 0 Å². The first-order chi connectivity index (χ1) is 14.2. The number of nitrogens with zero attached hydrogens (tertiary/aromatic N) is 1. The Hall–Kier alpha value is -2.51. The lowest BCUT2D eigenvalue weighted by molar-refractivity contribution is -0.152. The molecular formula is C23H27NO5S. The van der Waals surface area contributed by atoms with Crippen LogP contribution in [0.4, 0.5) is 0 Å². The van der Waals surface area contributed by atoms with Gasteiger partial charge in [0.2, 0.25) is 15.8 Å². The third kappa shape index (κ3) is 4.79. The fourth-order valence-electron chi connectivity index (χ4n) is 3.52. The molecule has 0 aliphatic carbocycles. The third-order valence-corrected chi connectivity index (χ3v) is 7.52. The lowest BCUT2D eigenvalue weighted by Gasteiger charge is -2.30. The summed E-state index contributed by atoms with van der Waals surface area (Å²) in [5, 5.41) is 0. The summed E-state index contributed by atoms with van der Waals surface area (Å²) in [6.07, 6.45) is -0.137. The van der Waals surface area contributed by atoms with Gasteiger partial charge in [0, 0.05) is 18.7 Å². The molecule has 7 heteroatoms. The fraction of sp³-hybridized carbons (Fsp3) is 0.391. The Morgan fingerprint density at radius 2 is 1.63 bits per heavy atom. The molecule has 0 radical (unpaired) electrons. The number of Topliss-reactive ketones (excluding diaryl/α,β-unsaturated/α-hetero) is 1. The predicted octanol–water partition coefficient (Wildman–Crippen LogP) is 3.52. The van der Waals surface area contributed by atoms with Crippen molar-refractivity contribution in [2.75, 3.05) is 13.1 Å². The first-order valence-electron chi connectivity index (χ1n) is 10.1. The van der Waals surface area contributed by atoms with Gasteiger partial charge in [-0.05, 0) is 56.9 Å². The summed E-state index contributed by atoms with van der Waals surface area (Å²) in [7, 11) is -3.60. The molecule has 2 aromatic carbocycles. The molecule has 0 aromatic heterocycles. The summed E-state index contributed by atoms with van der Waals surface area (Å²) < 4.78 is 32.6. The van der Waals surface area contributed by atoms with Gasteiger partial charge in [0.05, 0.1) is 10.8 Å². The lowest BCUT2D eigenvalue weighted by Crippen LogP contribution is -2.41. The van der Waals surface area contributed by atoms with Gasteiger partial charge in [-0.2, -0.15) is 4.31 Å². The Kier molecular flexibility index (Phi) is 6.73. The van der Waals surface area contributed by atoms with Gasteiger partial charge in [-0.15, -0.1) is 0 Å². The van der Waals surface area contributed by atoms with Gasteiger partial charge >= 0.3 is 5.97 Å². The highest BCUT2D eigenvalue weighted by molar-refractivity contribution is 7.89. The standard InChI is InChI=1S/C23H27NO5S/c1-16-9-10-21(15-17(16)2)30(27,28)24-13-11-20(12-14-24)23(26)29-18(3)22(25)19-7-5-4-6-8-19/h4-10,15,18,20H,11-14H2,1-3H3. The Balaban J connectivity index is 1.58. The highest BCUT2D eigenvalue weighted by Gasteiger charge is 2.34. The van der Waals surface area contributed by atoms with E-state index in [0.29, 0.717) is 18.4 Å². The maximum absolute atomic E-state index is 12.9. The summed E-state index contributed by atoms with van der Waals surface area (Å²) in [4.78, 5) is 25.2. The number of carbonyl (C=O) groups excluding carboxylic acids is 2. The maximum Gasteiger partial charge on any atom is 0.309 e.